The van der Waals surface area contributed by atoms with Crippen molar-refractivity contribution < 1.29 is 13.2 Å². The van der Waals surface area contributed by atoms with Crippen molar-refractivity contribution in [1.82, 2.24) is 9.62 Å². The van der Waals surface area contributed by atoms with Crippen LogP contribution in [0.15, 0.2) is 59.5 Å². The summed E-state index contributed by atoms with van der Waals surface area (Å²) in [5, 5.41) is 0.459. The highest BCUT2D eigenvalue weighted by Crippen LogP contribution is 2.22. The number of carbonyl (C=O) groups is 1. The van der Waals surface area contributed by atoms with Gasteiger partial charge in [0.2, 0.25) is 15.9 Å². The van der Waals surface area contributed by atoms with E-state index >= 15 is 0 Å². The van der Waals surface area contributed by atoms with Crippen LogP contribution in [0, 0.1) is 0 Å². The van der Waals surface area contributed by atoms with E-state index in [2.05, 4.69) is 4.72 Å². The summed E-state index contributed by atoms with van der Waals surface area (Å²) >= 11 is 5.83. The van der Waals surface area contributed by atoms with Crippen molar-refractivity contribution in [2.75, 3.05) is 13.1 Å². The molecule has 0 aliphatic carbocycles. The predicted octanol–water partition coefficient (Wildman–Crippen LogP) is 3.62. The van der Waals surface area contributed by atoms with Gasteiger partial charge in [0.15, 0.2) is 0 Å². The van der Waals surface area contributed by atoms with Gasteiger partial charge in [0.1, 0.15) is 0 Å². The second-order valence-corrected chi connectivity index (χ2v) is 7.96. The maximum atomic E-state index is 12.7. The van der Waals surface area contributed by atoms with Gasteiger partial charge >= 0.3 is 0 Å². The Morgan fingerprint density at radius 1 is 1.04 bits per heavy atom. The Kier molecular flexibility index (Phi) is 7.20. The number of rotatable bonds is 8. The van der Waals surface area contributed by atoms with Crippen LogP contribution >= 0.6 is 11.6 Å². The van der Waals surface area contributed by atoms with Crippen LogP contribution in [0.3, 0.4) is 0 Å². The normalized spacial score (nSPS) is 12.6. The molecule has 1 unspecified atom stereocenters. The van der Waals surface area contributed by atoms with Crippen LogP contribution < -0.4 is 4.72 Å². The molecule has 26 heavy (non-hydrogen) atoms. The van der Waals surface area contributed by atoms with Gasteiger partial charge < -0.3 is 4.90 Å². The lowest BCUT2D eigenvalue weighted by Gasteiger charge is -2.24. The fraction of sp³-hybridized carbons (Fsp3) is 0.316. The third-order valence-corrected chi connectivity index (χ3v) is 5.86. The fourth-order valence-corrected chi connectivity index (χ4v) is 4.01. The zero-order valence-corrected chi connectivity index (χ0v) is 16.4. The number of hydrogen-bond donors (Lipinski definition) is 1. The van der Waals surface area contributed by atoms with Crippen molar-refractivity contribution in [3.05, 3.63) is 65.2 Å². The largest absolute Gasteiger partial charge is 0.343 e. The average molecular weight is 395 g/mol. The Labute approximate surface area is 160 Å². The molecule has 0 fully saturated rings. The lowest BCUT2D eigenvalue weighted by atomic mass is 10.0. The monoisotopic (exact) mass is 394 g/mol. The van der Waals surface area contributed by atoms with Gasteiger partial charge in [-0.1, -0.05) is 41.9 Å². The first-order valence-corrected chi connectivity index (χ1v) is 10.3. The Morgan fingerprint density at radius 2 is 1.62 bits per heavy atom. The number of benzene rings is 2. The number of amides is 1. The molecule has 0 radical (unpaired) electrons. The minimum absolute atomic E-state index is 0.0541. The van der Waals surface area contributed by atoms with Crippen LogP contribution in [-0.2, 0) is 14.8 Å². The molecule has 0 saturated carbocycles. The summed E-state index contributed by atoms with van der Waals surface area (Å²) in [6, 6.07) is 14.4. The minimum Gasteiger partial charge on any atom is -0.343 e. The third kappa shape index (κ3) is 5.30. The van der Waals surface area contributed by atoms with Gasteiger partial charge in [0.05, 0.1) is 10.9 Å². The molecular formula is C19H23ClN2O3S. The first-order valence-electron chi connectivity index (χ1n) is 8.48. The van der Waals surface area contributed by atoms with Gasteiger partial charge in [-0.2, -0.15) is 0 Å². The standard InChI is InChI=1S/C19H23ClN2O3S/c1-3-22(4-2)19(23)14-18(15-8-6-5-7-9-15)21-26(24,25)17-12-10-16(20)11-13-17/h5-13,18,21H,3-4,14H2,1-2H3. The Morgan fingerprint density at radius 3 is 2.15 bits per heavy atom. The number of hydrogen-bond acceptors (Lipinski definition) is 3. The summed E-state index contributed by atoms with van der Waals surface area (Å²) in [5.41, 5.74) is 0.741. The summed E-state index contributed by atoms with van der Waals surface area (Å²) in [6.45, 7) is 4.97. The molecule has 140 valence electrons. The molecule has 1 amide bonds. The van der Waals surface area contributed by atoms with Crippen molar-refractivity contribution in [3.8, 4) is 0 Å². The first-order chi connectivity index (χ1) is 12.4. The predicted molar refractivity (Wildman–Crippen MR) is 104 cm³/mol. The molecule has 2 aromatic rings. The van der Waals surface area contributed by atoms with E-state index in [1.165, 1.54) is 24.3 Å². The first kappa shape index (κ1) is 20.4. The minimum atomic E-state index is -3.79. The van der Waals surface area contributed by atoms with Gasteiger partial charge in [-0.25, -0.2) is 13.1 Å². The smallest absolute Gasteiger partial charge is 0.241 e. The molecule has 2 aromatic carbocycles. The molecule has 0 spiro atoms. The molecule has 0 saturated heterocycles. The molecule has 0 aliphatic heterocycles. The van der Waals surface area contributed by atoms with Gasteiger partial charge in [0.25, 0.3) is 0 Å². The number of nitrogens with zero attached hydrogens (tertiary/aromatic N) is 1. The molecule has 0 heterocycles. The molecular weight excluding hydrogens is 372 g/mol. The number of halogens is 1. The second kappa shape index (κ2) is 9.16. The van der Waals surface area contributed by atoms with E-state index in [-0.39, 0.29) is 17.2 Å². The van der Waals surface area contributed by atoms with Crippen LogP contribution in [0.25, 0.3) is 0 Å². The molecule has 0 aromatic heterocycles. The molecule has 0 aliphatic rings. The molecule has 2 rings (SSSR count). The van der Waals surface area contributed by atoms with Crippen molar-refractivity contribution in [1.29, 1.82) is 0 Å². The summed E-state index contributed by atoms with van der Waals surface area (Å²) in [6.07, 6.45) is 0.0541. The Bertz CT molecular complexity index is 820. The maximum absolute atomic E-state index is 12.7. The molecule has 1 atom stereocenters. The zero-order valence-electron chi connectivity index (χ0n) is 14.9. The zero-order chi connectivity index (χ0) is 19.2. The highest BCUT2D eigenvalue weighted by Gasteiger charge is 2.25. The van der Waals surface area contributed by atoms with Gasteiger partial charge in [-0.15, -0.1) is 0 Å². The number of sulfonamides is 1. The van der Waals surface area contributed by atoms with E-state index in [0.717, 1.165) is 5.56 Å². The SMILES string of the molecule is CCN(CC)C(=O)CC(NS(=O)(=O)c1ccc(Cl)cc1)c1ccccc1. The Balaban J connectivity index is 2.29. The van der Waals surface area contributed by atoms with Crippen molar-refractivity contribution in [3.63, 3.8) is 0 Å². The molecule has 1 N–H and O–H groups in total. The van der Waals surface area contributed by atoms with Crippen molar-refractivity contribution in [2.45, 2.75) is 31.2 Å². The third-order valence-electron chi connectivity index (χ3n) is 4.12. The number of nitrogens with one attached hydrogen (secondary N) is 1. The molecule has 5 nitrogen and oxygen atoms in total. The summed E-state index contributed by atoms with van der Waals surface area (Å²) in [4.78, 5) is 14.3. The summed E-state index contributed by atoms with van der Waals surface area (Å²) in [5.74, 6) is -0.0948. The average Bonchev–Trinajstić information content (AvgIpc) is 2.63. The second-order valence-electron chi connectivity index (χ2n) is 5.81. The van der Waals surface area contributed by atoms with Crippen LogP contribution in [0.4, 0.5) is 0 Å². The van der Waals surface area contributed by atoms with Crippen LogP contribution in [0.5, 0.6) is 0 Å². The highest BCUT2D eigenvalue weighted by atomic mass is 35.5. The van der Waals surface area contributed by atoms with E-state index in [0.29, 0.717) is 18.1 Å². The number of carbonyl (C=O) groups excluding carboxylic acids is 1. The summed E-state index contributed by atoms with van der Waals surface area (Å²) in [7, 11) is -3.79. The van der Waals surface area contributed by atoms with Gasteiger partial charge in [-0.05, 0) is 43.7 Å². The van der Waals surface area contributed by atoms with Gasteiger partial charge in [-0.3, -0.25) is 4.79 Å². The van der Waals surface area contributed by atoms with E-state index in [1.807, 2.05) is 44.2 Å². The molecule has 7 heteroatoms. The topological polar surface area (TPSA) is 66.5 Å². The quantitative estimate of drug-likeness (QED) is 0.743. The van der Waals surface area contributed by atoms with Crippen LogP contribution in [0.2, 0.25) is 5.02 Å². The van der Waals surface area contributed by atoms with E-state index in [9.17, 15) is 13.2 Å². The van der Waals surface area contributed by atoms with Gasteiger partial charge in [0, 0.05) is 24.5 Å². The van der Waals surface area contributed by atoms with E-state index in [1.54, 1.807) is 4.90 Å². The molecule has 0 bridgehead atoms. The van der Waals surface area contributed by atoms with Crippen molar-refractivity contribution in [2.24, 2.45) is 0 Å². The van der Waals surface area contributed by atoms with Crippen molar-refractivity contribution >= 4 is 27.5 Å². The van der Waals surface area contributed by atoms with E-state index in [4.69, 9.17) is 11.6 Å². The Hall–Kier alpha value is -1.89. The van der Waals surface area contributed by atoms with Crippen LogP contribution in [0.1, 0.15) is 31.9 Å². The highest BCUT2D eigenvalue weighted by molar-refractivity contribution is 7.89. The van der Waals surface area contributed by atoms with E-state index < -0.39 is 16.1 Å². The van der Waals surface area contributed by atoms with Crippen LogP contribution in [-0.4, -0.2) is 32.3 Å². The fourth-order valence-electron chi connectivity index (χ4n) is 2.66. The lowest BCUT2D eigenvalue weighted by molar-refractivity contribution is -0.131. The lowest BCUT2D eigenvalue weighted by Crippen LogP contribution is -2.36. The summed E-state index contributed by atoms with van der Waals surface area (Å²) < 4.78 is 28.1. The maximum Gasteiger partial charge on any atom is 0.241 e.